The molecular weight excluding hydrogens is 347 g/mol. The fourth-order valence-electron chi connectivity index (χ4n) is 2.93. The van der Waals surface area contributed by atoms with Crippen LogP contribution in [0.3, 0.4) is 0 Å². The molecule has 1 aromatic heterocycles. The van der Waals surface area contributed by atoms with Gasteiger partial charge in [0, 0.05) is 24.2 Å². The van der Waals surface area contributed by atoms with Crippen molar-refractivity contribution in [2.45, 2.75) is 25.4 Å². The normalized spacial score (nSPS) is 18.1. The summed E-state index contributed by atoms with van der Waals surface area (Å²) in [6.07, 6.45) is 4.66. The molecule has 8 heteroatoms. The molecule has 1 aliphatic rings. The molecule has 1 fully saturated rings. The predicted molar refractivity (Wildman–Crippen MR) is 92.3 cm³/mol. The molecule has 1 unspecified atom stereocenters. The van der Waals surface area contributed by atoms with Gasteiger partial charge < -0.3 is 10.4 Å². The van der Waals surface area contributed by atoms with Crippen LogP contribution in [0.1, 0.15) is 28.9 Å². The van der Waals surface area contributed by atoms with E-state index in [-0.39, 0.29) is 17.6 Å². The summed E-state index contributed by atoms with van der Waals surface area (Å²) in [5, 5.41) is 12.6. The van der Waals surface area contributed by atoms with E-state index in [0.29, 0.717) is 17.4 Å². The first kappa shape index (κ1) is 17.6. The van der Waals surface area contributed by atoms with Crippen molar-refractivity contribution in [1.29, 1.82) is 0 Å². The first-order chi connectivity index (χ1) is 12.0. The highest BCUT2D eigenvalue weighted by Crippen LogP contribution is 2.22. The molecule has 0 aliphatic carbocycles. The number of nitrogens with zero attached hydrogens (tertiary/aromatic N) is 3. The number of rotatable bonds is 5. The van der Waals surface area contributed by atoms with Crippen LogP contribution in [-0.2, 0) is 6.54 Å². The van der Waals surface area contributed by atoms with Crippen molar-refractivity contribution < 1.29 is 14.3 Å². The number of carboxylic acid groups (broad SMARTS) is 1. The molecule has 0 bridgehead atoms. The standard InChI is InChI=1S/C17H18ClFN4O2/c18-14-6-12(19)4-3-11(14)9-23-5-1-2-13(10-23)22-16-8-20-15(7-21-16)17(24)25/h3-4,6-8,13H,1-2,5,9-10H2,(H,21,22)(H,24,25). The van der Waals surface area contributed by atoms with Crippen molar-refractivity contribution in [3.63, 3.8) is 0 Å². The topological polar surface area (TPSA) is 78.3 Å². The summed E-state index contributed by atoms with van der Waals surface area (Å²) < 4.78 is 13.2. The molecular formula is C17H18ClFN4O2. The van der Waals surface area contributed by atoms with Crippen LogP contribution in [0.2, 0.25) is 5.02 Å². The number of nitrogens with one attached hydrogen (secondary N) is 1. The maximum absolute atomic E-state index is 13.2. The first-order valence-corrected chi connectivity index (χ1v) is 8.37. The van der Waals surface area contributed by atoms with Gasteiger partial charge in [0.25, 0.3) is 0 Å². The molecule has 3 rings (SSSR count). The number of aromatic nitrogens is 2. The number of hydrogen-bond donors (Lipinski definition) is 2. The Balaban J connectivity index is 1.60. The monoisotopic (exact) mass is 364 g/mol. The average molecular weight is 365 g/mol. The summed E-state index contributed by atoms with van der Waals surface area (Å²) >= 11 is 6.11. The van der Waals surface area contributed by atoms with Crippen molar-refractivity contribution in [2.75, 3.05) is 18.4 Å². The number of benzene rings is 1. The highest BCUT2D eigenvalue weighted by molar-refractivity contribution is 6.31. The molecule has 0 spiro atoms. The van der Waals surface area contributed by atoms with Crippen molar-refractivity contribution in [2.24, 2.45) is 0 Å². The van der Waals surface area contributed by atoms with Crippen LogP contribution in [-0.4, -0.2) is 45.1 Å². The van der Waals surface area contributed by atoms with Gasteiger partial charge in [0.1, 0.15) is 11.6 Å². The van der Waals surface area contributed by atoms with Crippen LogP contribution >= 0.6 is 11.6 Å². The largest absolute Gasteiger partial charge is 0.476 e. The second kappa shape index (κ2) is 7.76. The van der Waals surface area contributed by atoms with E-state index in [1.165, 1.54) is 24.5 Å². The molecule has 1 aliphatic heterocycles. The highest BCUT2D eigenvalue weighted by atomic mass is 35.5. The summed E-state index contributed by atoms with van der Waals surface area (Å²) in [5.41, 5.74) is 0.816. The first-order valence-electron chi connectivity index (χ1n) is 7.99. The lowest BCUT2D eigenvalue weighted by Gasteiger charge is -2.33. The third kappa shape index (κ3) is 4.64. The number of piperidine rings is 1. The van der Waals surface area contributed by atoms with Crippen LogP contribution in [0, 0.1) is 5.82 Å². The fraction of sp³-hybridized carbons (Fsp3) is 0.353. The Kier molecular flexibility index (Phi) is 5.45. The molecule has 132 valence electrons. The predicted octanol–water partition coefficient (Wildman–Crippen LogP) is 3.04. The van der Waals surface area contributed by atoms with E-state index in [9.17, 15) is 9.18 Å². The number of aromatic carboxylic acids is 1. The van der Waals surface area contributed by atoms with Crippen LogP contribution in [0.5, 0.6) is 0 Å². The van der Waals surface area contributed by atoms with Crippen LogP contribution < -0.4 is 5.32 Å². The minimum atomic E-state index is -1.10. The van der Waals surface area contributed by atoms with Gasteiger partial charge in [-0.2, -0.15) is 0 Å². The van der Waals surface area contributed by atoms with E-state index in [1.807, 2.05) is 0 Å². The van der Waals surface area contributed by atoms with E-state index in [2.05, 4.69) is 20.2 Å². The summed E-state index contributed by atoms with van der Waals surface area (Å²) in [6.45, 7) is 2.38. The zero-order valence-corrected chi connectivity index (χ0v) is 14.2. The Morgan fingerprint density at radius 3 is 2.92 bits per heavy atom. The van der Waals surface area contributed by atoms with Gasteiger partial charge in [0.05, 0.1) is 12.4 Å². The fourth-order valence-corrected chi connectivity index (χ4v) is 3.16. The Morgan fingerprint density at radius 1 is 1.40 bits per heavy atom. The van der Waals surface area contributed by atoms with Crippen LogP contribution in [0.25, 0.3) is 0 Å². The molecule has 0 saturated carbocycles. The minimum Gasteiger partial charge on any atom is -0.476 e. The third-order valence-corrected chi connectivity index (χ3v) is 4.49. The van der Waals surface area contributed by atoms with E-state index in [1.54, 1.807) is 6.07 Å². The minimum absolute atomic E-state index is 0.0817. The second-order valence-electron chi connectivity index (χ2n) is 6.05. The summed E-state index contributed by atoms with van der Waals surface area (Å²) in [5.74, 6) is -0.883. The van der Waals surface area contributed by atoms with Gasteiger partial charge in [-0.25, -0.2) is 19.2 Å². The molecule has 2 aromatic rings. The molecule has 1 saturated heterocycles. The lowest BCUT2D eigenvalue weighted by molar-refractivity contribution is 0.0690. The van der Waals surface area contributed by atoms with E-state index < -0.39 is 5.97 Å². The Hall–Kier alpha value is -2.25. The van der Waals surface area contributed by atoms with E-state index in [4.69, 9.17) is 16.7 Å². The molecule has 0 amide bonds. The zero-order valence-electron chi connectivity index (χ0n) is 13.5. The smallest absolute Gasteiger partial charge is 0.356 e. The zero-order chi connectivity index (χ0) is 17.8. The van der Waals surface area contributed by atoms with Gasteiger partial charge in [-0.15, -0.1) is 0 Å². The van der Waals surface area contributed by atoms with Crippen LogP contribution in [0.4, 0.5) is 10.2 Å². The van der Waals surface area contributed by atoms with Crippen molar-refractivity contribution >= 4 is 23.4 Å². The maximum atomic E-state index is 13.2. The molecule has 1 atom stereocenters. The van der Waals surface area contributed by atoms with Gasteiger partial charge in [-0.3, -0.25) is 4.90 Å². The quantitative estimate of drug-likeness (QED) is 0.849. The number of carboxylic acids is 1. The molecule has 0 radical (unpaired) electrons. The van der Waals surface area contributed by atoms with Crippen molar-refractivity contribution in [1.82, 2.24) is 14.9 Å². The van der Waals surface area contributed by atoms with E-state index in [0.717, 1.165) is 31.5 Å². The number of carbonyl (C=O) groups is 1. The molecule has 25 heavy (non-hydrogen) atoms. The Morgan fingerprint density at radius 2 is 2.24 bits per heavy atom. The van der Waals surface area contributed by atoms with Crippen LogP contribution in [0.15, 0.2) is 30.6 Å². The average Bonchev–Trinajstić information content (AvgIpc) is 2.58. The number of likely N-dealkylation sites (tertiary alicyclic amines) is 1. The van der Waals surface area contributed by atoms with Gasteiger partial charge in [0.2, 0.25) is 0 Å². The SMILES string of the molecule is O=C(O)c1cnc(NC2CCCN(Cc3ccc(F)cc3Cl)C2)cn1. The maximum Gasteiger partial charge on any atom is 0.356 e. The third-order valence-electron chi connectivity index (χ3n) is 4.14. The molecule has 6 nitrogen and oxygen atoms in total. The second-order valence-corrected chi connectivity index (χ2v) is 6.45. The van der Waals surface area contributed by atoms with E-state index >= 15 is 0 Å². The Labute approximate surface area is 149 Å². The Bertz CT molecular complexity index is 757. The van der Waals surface area contributed by atoms with Gasteiger partial charge in [-0.1, -0.05) is 17.7 Å². The molecule has 1 aromatic carbocycles. The number of hydrogen-bond acceptors (Lipinski definition) is 5. The lowest BCUT2D eigenvalue weighted by Crippen LogP contribution is -2.41. The lowest BCUT2D eigenvalue weighted by atomic mass is 10.0. The molecule has 2 heterocycles. The summed E-state index contributed by atoms with van der Waals surface area (Å²) in [6, 6.07) is 4.64. The molecule has 2 N–H and O–H groups in total. The highest BCUT2D eigenvalue weighted by Gasteiger charge is 2.21. The van der Waals surface area contributed by atoms with Crippen molar-refractivity contribution in [3.05, 3.63) is 52.7 Å². The van der Waals surface area contributed by atoms with Gasteiger partial charge in [0.15, 0.2) is 5.69 Å². The van der Waals surface area contributed by atoms with Gasteiger partial charge in [-0.05, 0) is 37.1 Å². The van der Waals surface area contributed by atoms with Gasteiger partial charge >= 0.3 is 5.97 Å². The summed E-state index contributed by atoms with van der Waals surface area (Å²) in [4.78, 5) is 21.0. The summed E-state index contributed by atoms with van der Waals surface area (Å²) in [7, 11) is 0. The number of halogens is 2. The van der Waals surface area contributed by atoms with Crippen molar-refractivity contribution in [3.8, 4) is 0 Å². The number of anilines is 1.